The molecule has 1 fully saturated rings. The molecule has 3 heteroatoms. The highest BCUT2D eigenvalue weighted by Crippen LogP contribution is 2.37. The summed E-state index contributed by atoms with van der Waals surface area (Å²) < 4.78 is 0. The second kappa shape index (κ2) is 4.26. The number of carbonyl (C=O) groups is 1. The van der Waals surface area contributed by atoms with Crippen molar-refractivity contribution in [2.45, 2.75) is 38.5 Å². The highest BCUT2D eigenvalue weighted by Gasteiger charge is 2.32. The molecule has 0 radical (unpaired) electrons. The van der Waals surface area contributed by atoms with Gasteiger partial charge in [0.2, 0.25) is 0 Å². The van der Waals surface area contributed by atoms with Gasteiger partial charge < -0.3 is 10.0 Å². The molecule has 0 aromatic heterocycles. The van der Waals surface area contributed by atoms with Gasteiger partial charge in [0.05, 0.1) is 5.41 Å². The molecule has 1 N–H and O–H groups in total. The van der Waals surface area contributed by atoms with Crippen molar-refractivity contribution < 1.29 is 9.90 Å². The molecule has 1 heterocycles. The van der Waals surface area contributed by atoms with Crippen molar-refractivity contribution in [3.8, 4) is 0 Å². The summed E-state index contributed by atoms with van der Waals surface area (Å²) in [5.74, 6) is 0.126. The Kier molecular flexibility index (Phi) is 2.80. The zero-order valence-corrected chi connectivity index (χ0v) is 11.6. The van der Waals surface area contributed by atoms with Crippen LogP contribution in [0.5, 0.6) is 0 Å². The van der Waals surface area contributed by atoms with E-state index in [2.05, 4.69) is 17.0 Å². The van der Waals surface area contributed by atoms with Crippen LogP contribution >= 0.6 is 0 Å². The monoisotopic (exact) mass is 259 g/mol. The highest BCUT2D eigenvalue weighted by molar-refractivity contribution is 5.80. The minimum Gasteiger partial charge on any atom is -0.481 e. The summed E-state index contributed by atoms with van der Waals surface area (Å²) in [4.78, 5) is 13.8. The molecule has 0 bridgehead atoms. The third-order valence-electron chi connectivity index (χ3n) is 4.50. The van der Waals surface area contributed by atoms with Gasteiger partial charge in [-0.25, -0.2) is 0 Å². The van der Waals surface area contributed by atoms with Crippen LogP contribution in [0.3, 0.4) is 0 Å². The molecular weight excluding hydrogens is 238 g/mol. The Morgan fingerprint density at radius 3 is 2.79 bits per heavy atom. The smallest absolute Gasteiger partial charge is 0.313 e. The predicted molar refractivity (Wildman–Crippen MR) is 75.7 cm³/mol. The van der Waals surface area contributed by atoms with Gasteiger partial charge in [-0.1, -0.05) is 12.1 Å². The molecule has 0 atom stereocenters. The van der Waals surface area contributed by atoms with Crippen LogP contribution < -0.4 is 4.90 Å². The third kappa shape index (κ3) is 2.22. The minimum absolute atomic E-state index is 0.764. The maximum absolute atomic E-state index is 11.3. The molecule has 1 aliphatic heterocycles. The Labute approximate surface area is 114 Å². The van der Waals surface area contributed by atoms with Crippen LogP contribution in [0.1, 0.15) is 37.8 Å². The lowest BCUT2D eigenvalue weighted by molar-refractivity contribution is -0.142. The van der Waals surface area contributed by atoms with Crippen molar-refractivity contribution in [1.29, 1.82) is 0 Å². The lowest BCUT2D eigenvalue weighted by Crippen LogP contribution is -2.28. The van der Waals surface area contributed by atoms with E-state index in [1.165, 1.54) is 30.6 Å². The van der Waals surface area contributed by atoms with E-state index in [-0.39, 0.29) is 0 Å². The molecule has 102 valence electrons. The summed E-state index contributed by atoms with van der Waals surface area (Å²) >= 11 is 0. The first-order chi connectivity index (χ1) is 8.98. The van der Waals surface area contributed by atoms with Gasteiger partial charge in [0.25, 0.3) is 0 Å². The first-order valence-electron chi connectivity index (χ1n) is 7.10. The van der Waals surface area contributed by atoms with E-state index in [1.54, 1.807) is 13.8 Å². The number of anilines is 1. The number of fused-ring (bicyclic) bond motifs is 1. The molecule has 1 aliphatic carbocycles. The molecule has 19 heavy (non-hydrogen) atoms. The Bertz CT molecular complexity index is 517. The van der Waals surface area contributed by atoms with Crippen LogP contribution in [-0.4, -0.2) is 24.2 Å². The molecule has 3 nitrogen and oxygen atoms in total. The fourth-order valence-electron chi connectivity index (χ4n) is 2.78. The van der Waals surface area contributed by atoms with Gasteiger partial charge in [-0.05, 0) is 56.2 Å². The van der Waals surface area contributed by atoms with Crippen LogP contribution in [0.15, 0.2) is 18.2 Å². The number of hydrogen-bond acceptors (Lipinski definition) is 2. The van der Waals surface area contributed by atoms with Gasteiger partial charge in [0.1, 0.15) is 0 Å². The Balaban J connectivity index is 1.87. The number of carboxylic acids is 1. The van der Waals surface area contributed by atoms with Crippen LogP contribution in [0.25, 0.3) is 0 Å². The van der Waals surface area contributed by atoms with Crippen molar-refractivity contribution in [2.75, 3.05) is 18.0 Å². The first kappa shape index (κ1) is 12.5. The summed E-state index contributed by atoms with van der Waals surface area (Å²) in [6, 6.07) is 6.19. The van der Waals surface area contributed by atoms with Crippen molar-refractivity contribution in [3.63, 3.8) is 0 Å². The van der Waals surface area contributed by atoms with E-state index < -0.39 is 11.4 Å². The summed E-state index contributed by atoms with van der Waals surface area (Å²) in [5.41, 5.74) is 2.73. The average molecular weight is 259 g/mol. The maximum atomic E-state index is 11.3. The van der Waals surface area contributed by atoms with Gasteiger partial charge >= 0.3 is 5.97 Å². The van der Waals surface area contributed by atoms with Crippen molar-refractivity contribution >= 4 is 11.7 Å². The summed E-state index contributed by atoms with van der Waals surface area (Å²) in [7, 11) is 0. The van der Waals surface area contributed by atoms with Crippen molar-refractivity contribution in [2.24, 2.45) is 5.92 Å². The summed E-state index contributed by atoms with van der Waals surface area (Å²) in [6.45, 7) is 5.80. The molecule has 1 aromatic carbocycles. The molecular formula is C16H21NO2. The number of aliphatic carboxylic acids is 1. The Morgan fingerprint density at radius 1 is 1.42 bits per heavy atom. The predicted octanol–water partition coefficient (Wildman–Crippen LogP) is 2.82. The van der Waals surface area contributed by atoms with Crippen LogP contribution in [0.2, 0.25) is 0 Å². The van der Waals surface area contributed by atoms with Crippen molar-refractivity contribution in [3.05, 3.63) is 29.3 Å². The molecule has 3 rings (SSSR count). The van der Waals surface area contributed by atoms with E-state index in [9.17, 15) is 9.90 Å². The zero-order chi connectivity index (χ0) is 13.6. The first-order valence-corrected chi connectivity index (χ1v) is 7.10. The largest absolute Gasteiger partial charge is 0.481 e. The maximum Gasteiger partial charge on any atom is 0.313 e. The molecule has 2 aliphatic rings. The SMILES string of the molecule is CC(C)(C(=O)O)c1ccc2c(c1)CCN2CC1CC1. The number of rotatable bonds is 4. The lowest BCUT2D eigenvalue weighted by atomic mass is 9.84. The van der Waals surface area contributed by atoms with Crippen LogP contribution in [0.4, 0.5) is 5.69 Å². The van der Waals surface area contributed by atoms with Gasteiger partial charge in [-0.15, -0.1) is 0 Å². The standard InChI is InChI=1S/C16H21NO2/c1-16(2,15(18)19)13-5-6-14-12(9-13)7-8-17(14)10-11-3-4-11/h5-6,9,11H,3-4,7-8,10H2,1-2H3,(H,18,19). The van der Waals surface area contributed by atoms with Crippen LogP contribution in [-0.2, 0) is 16.6 Å². The number of benzene rings is 1. The molecule has 1 saturated carbocycles. The molecule has 0 spiro atoms. The quantitative estimate of drug-likeness (QED) is 0.904. The number of nitrogens with zero attached hydrogens (tertiary/aromatic N) is 1. The normalized spacial score (nSPS) is 18.5. The van der Waals surface area contributed by atoms with E-state index >= 15 is 0 Å². The van der Waals surface area contributed by atoms with Gasteiger partial charge in [-0.2, -0.15) is 0 Å². The van der Waals surface area contributed by atoms with E-state index in [1.807, 2.05) is 6.07 Å². The summed E-state index contributed by atoms with van der Waals surface area (Å²) in [5, 5.41) is 9.31. The third-order valence-corrected chi connectivity index (χ3v) is 4.50. The van der Waals surface area contributed by atoms with Gasteiger partial charge in [0, 0.05) is 18.8 Å². The molecule has 0 saturated heterocycles. The fraction of sp³-hybridized carbons (Fsp3) is 0.562. The fourth-order valence-corrected chi connectivity index (χ4v) is 2.78. The minimum atomic E-state index is -0.807. The topological polar surface area (TPSA) is 40.5 Å². The average Bonchev–Trinajstić information content (AvgIpc) is 3.09. The van der Waals surface area contributed by atoms with Gasteiger partial charge in [-0.3, -0.25) is 4.79 Å². The molecule has 1 aromatic rings. The Morgan fingerprint density at radius 2 is 2.16 bits per heavy atom. The molecule has 0 amide bonds. The summed E-state index contributed by atoms with van der Waals surface area (Å²) in [6.07, 6.45) is 3.79. The van der Waals surface area contributed by atoms with E-state index in [4.69, 9.17) is 0 Å². The Hall–Kier alpha value is -1.51. The van der Waals surface area contributed by atoms with E-state index in [0.717, 1.165) is 24.4 Å². The zero-order valence-electron chi connectivity index (χ0n) is 11.6. The van der Waals surface area contributed by atoms with Crippen LogP contribution in [0, 0.1) is 5.92 Å². The highest BCUT2D eigenvalue weighted by atomic mass is 16.4. The van der Waals surface area contributed by atoms with E-state index in [0.29, 0.717) is 0 Å². The number of hydrogen-bond donors (Lipinski definition) is 1. The van der Waals surface area contributed by atoms with Crippen molar-refractivity contribution in [1.82, 2.24) is 0 Å². The van der Waals surface area contributed by atoms with Gasteiger partial charge in [0.15, 0.2) is 0 Å². The lowest BCUT2D eigenvalue weighted by Gasteiger charge is -2.22. The second-order valence-electron chi connectivity index (χ2n) is 6.41. The number of carboxylic acid groups (broad SMARTS) is 1. The molecule has 0 unspecified atom stereocenters. The second-order valence-corrected chi connectivity index (χ2v) is 6.41.